The summed E-state index contributed by atoms with van der Waals surface area (Å²) < 4.78 is 4.40. The lowest BCUT2D eigenvalue weighted by atomic mass is 10.2. The molecule has 15 heavy (non-hydrogen) atoms. The highest BCUT2D eigenvalue weighted by Gasteiger charge is 2.10. The molecule has 0 radical (unpaired) electrons. The summed E-state index contributed by atoms with van der Waals surface area (Å²) in [5, 5.41) is 2.97. The van der Waals surface area contributed by atoms with Crippen molar-refractivity contribution in [3.8, 4) is 0 Å². The van der Waals surface area contributed by atoms with Crippen LogP contribution < -0.4 is 0 Å². The van der Waals surface area contributed by atoms with Crippen molar-refractivity contribution >= 4 is 11.9 Å². The van der Waals surface area contributed by atoms with Gasteiger partial charge in [0.25, 0.3) is 0 Å². The van der Waals surface area contributed by atoms with Crippen LogP contribution in [0, 0.1) is 0 Å². The fourth-order valence-corrected chi connectivity index (χ4v) is 0.858. The largest absolute Gasteiger partial charge is 0.389 e. The van der Waals surface area contributed by atoms with E-state index in [9.17, 15) is 9.59 Å². The minimum atomic E-state index is -0.873. The Kier molecular flexibility index (Phi) is 3.88. The van der Waals surface area contributed by atoms with Gasteiger partial charge in [-0.1, -0.05) is 23.3 Å². The molecule has 0 spiro atoms. The van der Waals surface area contributed by atoms with Gasteiger partial charge in [0.15, 0.2) is 0 Å². The van der Waals surface area contributed by atoms with Crippen LogP contribution in [0.1, 0.15) is 10.4 Å². The summed E-state index contributed by atoms with van der Waals surface area (Å²) in [5.74, 6) is -1.63. The first kappa shape index (κ1) is 10.7. The molecule has 6 nitrogen and oxygen atoms in total. The first-order valence-electron chi connectivity index (χ1n) is 4.05. The zero-order valence-corrected chi connectivity index (χ0v) is 7.66. The summed E-state index contributed by atoms with van der Waals surface area (Å²) in [6.45, 7) is -0.491. The third-order valence-electron chi connectivity index (χ3n) is 1.48. The number of hydrogen-bond donors (Lipinski definition) is 0. The molecular formula is C9H7N3O3. The second kappa shape index (κ2) is 5.41. The number of carbonyl (C=O) groups excluding carboxylic acids is 2. The van der Waals surface area contributed by atoms with Gasteiger partial charge in [-0.15, -0.1) is 0 Å². The van der Waals surface area contributed by atoms with Crippen LogP contribution in [0.5, 0.6) is 0 Å². The highest BCUT2D eigenvalue weighted by Crippen LogP contribution is 2.01. The van der Waals surface area contributed by atoms with Crippen molar-refractivity contribution in [1.29, 1.82) is 0 Å². The number of azide groups is 1. The predicted molar refractivity (Wildman–Crippen MR) is 50.9 cm³/mol. The fourth-order valence-electron chi connectivity index (χ4n) is 0.858. The van der Waals surface area contributed by atoms with Crippen LogP contribution in [0.15, 0.2) is 35.4 Å². The van der Waals surface area contributed by atoms with Gasteiger partial charge in [-0.2, -0.15) is 0 Å². The Labute approximate surface area is 85.1 Å². The lowest BCUT2D eigenvalue weighted by Gasteiger charge is -1.99. The molecule has 1 rings (SSSR count). The number of nitrogens with zero attached hydrogens (tertiary/aromatic N) is 3. The maximum absolute atomic E-state index is 11.2. The van der Waals surface area contributed by atoms with Crippen LogP contribution in [0.25, 0.3) is 10.4 Å². The normalized spacial score (nSPS) is 8.80. The first-order chi connectivity index (χ1) is 7.24. The Morgan fingerprint density at radius 3 is 2.60 bits per heavy atom. The third kappa shape index (κ3) is 3.50. The molecule has 0 heterocycles. The molecule has 0 N–H and O–H groups in total. The molecule has 0 aliphatic rings. The van der Waals surface area contributed by atoms with Crippen molar-refractivity contribution in [2.45, 2.75) is 0 Å². The van der Waals surface area contributed by atoms with Gasteiger partial charge in [0.05, 0.1) is 5.56 Å². The Morgan fingerprint density at radius 2 is 2.00 bits per heavy atom. The monoisotopic (exact) mass is 205 g/mol. The molecule has 0 amide bonds. The SMILES string of the molecule is [N-]=[N+]=NCC(=O)OC(=O)c1ccccc1. The summed E-state index contributed by atoms with van der Waals surface area (Å²) >= 11 is 0. The lowest BCUT2D eigenvalue weighted by Crippen LogP contribution is -2.14. The summed E-state index contributed by atoms with van der Waals surface area (Å²) in [4.78, 5) is 24.5. The van der Waals surface area contributed by atoms with E-state index < -0.39 is 18.5 Å². The van der Waals surface area contributed by atoms with Crippen LogP contribution >= 0.6 is 0 Å². The summed E-state index contributed by atoms with van der Waals surface area (Å²) in [6.07, 6.45) is 0. The van der Waals surface area contributed by atoms with Gasteiger partial charge >= 0.3 is 11.9 Å². The fraction of sp³-hybridized carbons (Fsp3) is 0.111. The zero-order valence-electron chi connectivity index (χ0n) is 7.66. The van der Waals surface area contributed by atoms with Crippen molar-refractivity contribution in [1.82, 2.24) is 0 Å². The predicted octanol–water partition coefficient (Wildman–Crippen LogP) is 1.68. The minimum absolute atomic E-state index is 0.270. The van der Waals surface area contributed by atoms with E-state index in [-0.39, 0.29) is 5.56 Å². The Balaban J connectivity index is 2.57. The van der Waals surface area contributed by atoms with E-state index >= 15 is 0 Å². The molecule has 0 aliphatic heterocycles. The summed E-state index contributed by atoms with van der Waals surface area (Å²) in [7, 11) is 0. The number of carbonyl (C=O) groups is 2. The Bertz CT molecular complexity index is 410. The average molecular weight is 205 g/mol. The molecule has 1 aromatic rings. The van der Waals surface area contributed by atoms with Gasteiger partial charge in [0.1, 0.15) is 6.54 Å². The number of rotatable bonds is 3. The Morgan fingerprint density at radius 1 is 1.33 bits per heavy atom. The zero-order chi connectivity index (χ0) is 11.1. The van der Waals surface area contributed by atoms with Gasteiger partial charge in [-0.25, -0.2) is 4.79 Å². The van der Waals surface area contributed by atoms with Gasteiger partial charge in [-0.05, 0) is 17.7 Å². The lowest BCUT2D eigenvalue weighted by molar-refractivity contribution is -0.136. The second-order valence-corrected chi connectivity index (χ2v) is 2.52. The maximum atomic E-state index is 11.2. The molecule has 6 heteroatoms. The molecule has 76 valence electrons. The van der Waals surface area contributed by atoms with Gasteiger partial charge < -0.3 is 4.74 Å². The topological polar surface area (TPSA) is 92.1 Å². The van der Waals surface area contributed by atoms with Gasteiger partial charge in [0.2, 0.25) is 0 Å². The molecular weight excluding hydrogens is 198 g/mol. The highest BCUT2D eigenvalue weighted by molar-refractivity contribution is 5.97. The van der Waals surface area contributed by atoms with Crippen molar-refractivity contribution in [2.75, 3.05) is 6.54 Å². The third-order valence-corrected chi connectivity index (χ3v) is 1.48. The van der Waals surface area contributed by atoms with Gasteiger partial charge in [-0.3, -0.25) is 4.79 Å². The second-order valence-electron chi connectivity index (χ2n) is 2.52. The van der Waals surface area contributed by atoms with Crippen molar-refractivity contribution in [3.63, 3.8) is 0 Å². The Hall–Kier alpha value is -2.33. The van der Waals surface area contributed by atoms with Crippen molar-refractivity contribution in [2.24, 2.45) is 5.11 Å². The molecule has 0 fully saturated rings. The van der Waals surface area contributed by atoms with Crippen LogP contribution in [-0.4, -0.2) is 18.5 Å². The molecule has 0 bridgehead atoms. The van der Waals surface area contributed by atoms with Crippen LogP contribution in [0.2, 0.25) is 0 Å². The van der Waals surface area contributed by atoms with Crippen molar-refractivity contribution < 1.29 is 14.3 Å². The van der Waals surface area contributed by atoms with E-state index in [1.54, 1.807) is 18.2 Å². The number of hydrogen-bond acceptors (Lipinski definition) is 4. The number of esters is 2. The van der Waals surface area contributed by atoms with Crippen LogP contribution in [0.3, 0.4) is 0 Å². The first-order valence-corrected chi connectivity index (χ1v) is 4.05. The molecule has 0 aliphatic carbocycles. The van der Waals surface area contributed by atoms with E-state index in [2.05, 4.69) is 14.8 Å². The van der Waals surface area contributed by atoms with E-state index in [4.69, 9.17) is 5.53 Å². The molecule has 0 atom stereocenters. The van der Waals surface area contributed by atoms with E-state index in [0.717, 1.165) is 0 Å². The molecule has 0 unspecified atom stereocenters. The highest BCUT2D eigenvalue weighted by atomic mass is 16.6. The molecule has 1 aromatic carbocycles. The maximum Gasteiger partial charge on any atom is 0.345 e. The molecule has 0 aromatic heterocycles. The summed E-state index contributed by atoms with van der Waals surface area (Å²) in [5.41, 5.74) is 8.20. The molecule has 0 saturated carbocycles. The standard InChI is InChI=1S/C9H7N3O3/c10-12-11-6-8(13)15-9(14)7-4-2-1-3-5-7/h1-5H,6H2. The smallest absolute Gasteiger partial charge is 0.345 e. The van der Waals surface area contributed by atoms with Crippen LogP contribution in [-0.2, 0) is 9.53 Å². The minimum Gasteiger partial charge on any atom is -0.389 e. The van der Waals surface area contributed by atoms with E-state index in [1.165, 1.54) is 12.1 Å². The van der Waals surface area contributed by atoms with E-state index in [0.29, 0.717) is 0 Å². The average Bonchev–Trinajstić information content (AvgIpc) is 2.27. The van der Waals surface area contributed by atoms with Crippen LogP contribution in [0.4, 0.5) is 0 Å². The van der Waals surface area contributed by atoms with Gasteiger partial charge in [0, 0.05) is 4.91 Å². The molecule has 0 saturated heterocycles. The number of benzene rings is 1. The quantitative estimate of drug-likeness (QED) is 0.247. The number of ether oxygens (including phenoxy) is 1. The van der Waals surface area contributed by atoms with Crippen molar-refractivity contribution in [3.05, 3.63) is 46.3 Å². The summed E-state index contributed by atoms with van der Waals surface area (Å²) in [6, 6.07) is 8.06. The van der Waals surface area contributed by atoms with E-state index in [1.807, 2.05) is 0 Å².